The van der Waals surface area contributed by atoms with E-state index in [9.17, 15) is 4.79 Å². The molecule has 1 N–H and O–H groups in total. The number of piperidine rings is 2. The van der Waals surface area contributed by atoms with E-state index in [-0.39, 0.29) is 6.03 Å². The SMILES string of the molecule is COCCN(C[C@@H]1CCCN2CCCC[C@H]12)C(=O)NCCc1ccc(OC)cc1. The maximum absolute atomic E-state index is 12.9. The first kappa shape index (κ1) is 21.9. The summed E-state index contributed by atoms with van der Waals surface area (Å²) >= 11 is 0. The number of hydrogen-bond acceptors (Lipinski definition) is 4. The van der Waals surface area contributed by atoms with Gasteiger partial charge in [-0.05, 0) is 68.8 Å². The van der Waals surface area contributed by atoms with Gasteiger partial charge in [0.25, 0.3) is 0 Å². The van der Waals surface area contributed by atoms with Crippen molar-refractivity contribution in [1.82, 2.24) is 15.1 Å². The summed E-state index contributed by atoms with van der Waals surface area (Å²) in [5.41, 5.74) is 1.19. The third kappa shape index (κ3) is 6.34. The zero-order valence-corrected chi connectivity index (χ0v) is 18.1. The molecule has 2 saturated heterocycles. The molecule has 0 saturated carbocycles. The summed E-state index contributed by atoms with van der Waals surface area (Å²) in [7, 11) is 3.37. The average molecular weight is 404 g/mol. The van der Waals surface area contributed by atoms with Crippen LogP contribution in [0.3, 0.4) is 0 Å². The van der Waals surface area contributed by atoms with Gasteiger partial charge in [-0.3, -0.25) is 0 Å². The first-order valence-electron chi connectivity index (χ1n) is 11.1. The molecule has 0 aromatic heterocycles. The number of ether oxygens (including phenoxy) is 2. The van der Waals surface area contributed by atoms with Gasteiger partial charge in [-0.2, -0.15) is 0 Å². The lowest BCUT2D eigenvalue weighted by Gasteiger charge is -2.45. The number of nitrogens with zero attached hydrogens (tertiary/aromatic N) is 2. The van der Waals surface area contributed by atoms with Crippen LogP contribution in [0.25, 0.3) is 0 Å². The maximum atomic E-state index is 12.9. The molecule has 0 bridgehead atoms. The number of fused-ring (bicyclic) bond motifs is 1. The summed E-state index contributed by atoms with van der Waals surface area (Å²) in [6.45, 7) is 5.15. The van der Waals surface area contributed by atoms with Gasteiger partial charge in [0.1, 0.15) is 5.75 Å². The molecule has 0 unspecified atom stereocenters. The van der Waals surface area contributed by atoms with Crippen molar-refractivity contribution in [2.45, 2.75) is 44.6 Å². The number of amides is 2. The molecule has 2 aliphatic heterocycles. The number of urea groups is 1. The molecule has 2 heterocycles. The average Bonchev–Trinajstić information content (AvgIpc) is 2.77. The minimum Gasteiger partial charge on any atom is -0.497 e. The van der Waals surface area contributed by atoms with E-state index in [0.717, 1.165) is 18.7 Å². The lowest BCUT2D eigenvalue weighted by atomic mass is 9.83. The van der Waals surface area contributed by atoms with E-state index in [1.807, 2.05) is 29.2 Å². The molecule has 162 valence electrons. The Balaban J connectivity index is 1.51. The molecule has 2 fully saturated rings. The molecule has 6 heteroatoms. The quantitative estimate of drug-likeness (QED) is 0.688. The van der Waals surface area contributed by atoms with Crippen LogP contribution in [0.2, 0.25) is 0 Å². The van der Waals surface area contributed by atoms with Gasteiger partial charge in [0.15, 0.2) is 0 Å². The molecule has 6 nitrogen and oxygen atoms in total. The second-order valence-corrected chi connectivity index (χ2v) is 8.27. The summed E-state index contributed by atoms with van der Waals surface area (Å²) in [5, 5.41) is 3.12. The highest BCUT2D eigenvalue weighted by Gasteiger charge is 2.34. The summed E-state index contributed by atoms with van der Waals surface area (Å²) in [6.07, 6.45) is 7.21. The van der Waals surface area contributed by atoms with E-state index >= 15 is 0 Å². The predicted octanol–water partition coefficient (Wildman–Crippen LogP) is 3.16. The number of methoxy groups -OCH3 is 2. The minimum absolute atomic E-state index is 0.0310. The van der Waals surface area contributed by atoms with E-state index in [1.165, 1.54) is 50.8 Å². The summed E-state index contributed by atoms with van der Waals surface area (Å²) in [6, 6.07) is 8.70. The predicted molar refractivity (Wildman–Crippen MR) is 115 cm³/mol. The highest BCUT2D eigenvalue weighted by molar-refractivity contribution is 5.74. The fraction of sp³-hybridized carbons (Fsp3) is 0.696. The maximum Gasteiger partial charge on any atom is 0.317 e. The van der Waals surface area contributed by atoms with Gasteiger partial charge in [-0.1, -0.05) is 18.6 Å². The number of rotatable bonds is 9. The van der Waals surface area contributed by atoms with Crippen LogP contribution in [-0.4, -0.2) is 75.4 Å². The van der Waals surface area contributed by atoms with Gasteiger partial charge in [-0.15, -0.1) is 0 Å². The third-order valence-corrected chi connectivity index (χ3v) is 6.39. The Labute approximate surface area is 175 Å². The van der Waals surface area contributed by atoms with Gasteiger partial charge < -0.3 is 24.6 Å². The smallest absolute Gasteiger partial charge is 0.317 e. The van der Waals surface area contributed by atoms with Crippen molar-refractivity contribution in [3.8, 4) is 5.75 Å². The van der Waals surface area contributed by atoms with E-state index in [2.05, 4.69) is 10.2 Å². The largest absolute Gasteiger partial charge is 0.497 e. The van der Waals surface area contributed by atoms with Crippen molar-refractivity contribution in [3.05, 3.63) is 29.8 Å². The minimum atomic E-state index is 0.0310. The number of benzene rings is 1. The van der Waals surface area contributed by atoms with Gasteiger partial charge in [0, 0.05) is 32.8 Å². The van der Waals surface area contributed by atoms with Crippen LogP contribution in [0.1, 0.15) is 37.7 Å². The zero-order chi connectivity index (χ0) is 20.5. The highest BCUT2D eigenvalue weighted by atomic mass is 16.5. The summed E-state index contributed by atoms with van der Waals surface area (Å²) in [4.78, 5) is 17.5. The Morgan fingerprint density at radius 1 is 1.14 bits per heavy atom. The molecule has 0 aliphatic carbocycles. The fourth-order valence-corrected chi connectivity index (χ4v) is 4.77. The molecule has 2 amide bonds. The Kier molecular flexibility index (Phi) is 8.62. The Bertz CT molecular complexity index is 620. The fourth-order valence-electron chi connectivity index (χ4n) is 4.77. The molecule has 29 heavy (non-hydrogen) atoms. The monoisotopic (exact) mass is 403 g/mol. The molecular formula is C23H37N3O3. The lowest BCUT2D eigenvalue weighted by Crippen LogP contribution is -2.53. The number of nitrogens with one attached hydrogen (secondary N) is 1. The highest BCUT2D eigenvalue weighted by Crippen LogP contribution is 2.31. The van der Waals surface area contributed by atoms with Crippen LogP contribution >= 0.6 is 0 Å². The van der Waals surface area contributed by atoms with Crippen molar-refractivity contribution in [3.63, 3.8) is 0 Å². The van der Waals surface area contributed by atoms with E-state index in [1.54, 1.807) is 14.2 Å². The van der Waals surface area contributed by atoms with E-state index < -0.39 is 0 Å². The van der Waals surface area contributed by atoms with Crippen LogP contribution in [0.4, 0.5) is 4.79 Å². The Morgan fingerprint density at radius 2 is 1.93 bits per heavy atom. The first-order valence-corrected chi connectivity index (χ1v) is 11.1. The Hall–Kier alpha value is -1.79. The molecule has 0 spiro atoms. The zero-order valence-electron chi connectivity index (χ0n) is 18.1. The first-order chi connectivity index (χ1) is 14.2. The molecule has 1 aromatic rings. The Morgan fingerprint density at radius 3 is 2.69 bits per heavy atom. The second-order valence-electron chi connectivity index (χ2n) is 8.27. The summed E-state index contributed by atoms with van der Waals surface area (Å²) in [5.74, 6) is 1.43. The lowest BCUT2D eigenvalue weighted by molar-refractivity contribution is 0.0421. The van der Waals surface area contributed by atoms with Crippen molar-refractivity contribution in [2.24, 2.45) is 5.92 Å². The van der Waals surface area contributed by atoms with Gasteiger partial charge >= 0.3 is 6.03 Å². The molecule has 3 rings (SSSR count). The van der Waals surface area contributed by atoms with Gasteiger partial charge in [-0.25, -0.2) is 4.79 Å². The topological polar surface area (TPSA) is 54.0 Å². The second kappa shape index (κ2) is 11.4. The van der Waals surface area contributed by atoms with Crippen LogP contribution in [-0.2, 0) is 11.2 Å². The van der Waals surface area contributed by atoms with Crippen molar-refractivity contribution in [2.75, 3.05) is 53.6 Å². The molecular weight excluding hydrogens is 366 g/mol. The van der Waals surface area contributed by atoms with Crippen molar-refractivity contribution >= 4 is 6.03 Å². The number of carbonyl (C=O) groups is 1. The van der Waals surface area contributed by atoms with Crippen LogP contribution in [0, 0.1) is 5.92 Å². The standard InChI is InChI=1S/C23H37N3O3/c1-28-17-16-26(18-20-6-5-15-25-14-4-3-7-22(20)25)23(27)24-13-12-19-8-10-21(29-2)11-9-19/h8-11,20,22H,3-7,12-18H2,1-2H3,(H,24,27)/t20-,22+/m0/s1. The number of hydrogen-bond donors (Lipinski definition) is 1. The molecule has 1 aromatic carbocycles. The van der Waals surface area contributed by atoms with Gasteiger partial charge in [0.05, 0.1) is 13.7 Å². The molecule has 0 radical (unpaired) electrons. The molecule has 2 atom stereocenters. The van der Waals surface area contributed by atoms with Crippen LogP contribution < -0.4 is 10.1 Å². The van der Waals surface area contributed by atoms with Gasteiger partial charge in [0.2, 0.25) is 0 Å². The van der Waals surface area contributed by atoms with Crippen LogP contribution in [0.15, 0.2) is 24.3 Å². The van der Waals surface area contributed by atoms with Crippen molar-refractivity contribution in [1.29, 1.82) is 0 Å². The van der Waals surface area contributed by atoms with Crippen LogP contribution in [0.5, 0.6) is 5.75 Å². The number of carbonyl (C=O) groups excluding carboxylic acids is 1. The normalized spacial score (nSPS) is 22.0. The third-order valence-electron chi connectivity index (χ3n) is 6.39. The van der Waals surface area contributed by atoms with Crippen molar-refractivity contribution < 1.29 is 14.3 Å². The molecule has 2 aliphatic rings. The van der Waals surface area contributed by atoms with E-state index in [4.69, 9.17) is 9.47 Å². The summed E-state index contributed by atoms with van der Waals surface area (Å²) < 4.78 is 10.5. The van der Waals surface area contributed by atoms with E-state index in [0.29, 0.717) is 31.7 Å².